The molecule has 1 amide bonds. The molecule has 0 unspecified atom stereocenters. The maximum atomic E-state index is 11.9. The first-order valence-electron chi connectivity index (χ1n) is 11.8. The molecule has 2 aliphatic rings. The van der Waals surface area contributed by atoms with Crippen LogP contribution in [0.2, 0.25) is 0 Å². The number of carbonyl (C=O) groups is 1. The summed E-state index contributed by atoms with van der Waals surface area (Å²) in [4.78, 5) is 23.2. The Balaban J connectivity index is 1.61. The summed E-state index contributed by atoms with van der Waals surface area (Å²) in [5.41, 5.74) is 0. The van der Waals surface area contributed by atoms with Crippen molar-refractivity contribution in [1.82, 2.24) is 25.3 Å². The molecular formula is C22H44N6O. The Morgan fingerprint density at radius 1 is 1.00 bits per heavy atom. The molecule has 2 saturated heterocycles. The minimum absolute atomic E-state index is 0.187. The van der Waals surface area contributed by atoms with Gasteiger partial charge in [0.25, 0.3) is 0 Å². The second-order valence-electron chi connectivity index (χ2n) is 8.71. The van der Waals surface area contributed by atoms with Crippen LogP contribution in [0.3, 0.4) is 0 Å². The first-order chi connectivity index (χ1) is 14.1. The lowest BCUT2D eigenvalue weighted by atomic mass is 10.1. The number of amides is 1. The molecule has 2 aliphatic heterocycles. The molecule has 7 heteroatoms. The molecule has 168 valence electrons. The zero-order chi connectivity index (χ0) is 20.9. The van der Waals surface area contributed by atoms with Crippen LogP contribution in [0.1, 0.15) is 58.3 Å². The van der Waals surface area contributed by atoms with Gasteiger partial charge in [0.05, 0.1) is 6.54 Å². The van der Waals surface area contributed by atoms with Gasteiger partial charge in [0.2, 0.25) is 5.91 Å². The zero-order valence-electron chi connectivity index (χ0n) is 19.1. The van der Waals surface area contributed by atoms with E-state index in [1.165, 1.54) is 51.7 Å². The molecule has 0 aliphatic carbocycles. The Labute approximate surface area is 178 Å². The lowest BCUT2D eigenvalue weighted by Crippen LogP contribution is -2.50. The second kappa shape index (κ2) is 13.8. The largest absolute Gasteiger partial charge is 0.357 e. The predicted octanol–water partition coefficient (Wildman–Crippen LogP) is 1.75. The Morgan fingerprint density at radius 2 is 1.72 bits per heavy atom. The number of aliphatic imine (C=N–C) groups is 1. The molecule has 0 radical (unpaired) electrons. The molecule has 2 rings (SSSR count). The quantitative estimate of drug-likeness (QED) is 0.328. The van der Waals surface area contributed by atoms with E-state index in [-0.39, 0.29) is 5.91 Å². The first kappa shape index (κ1) is 23.9. The van der Waals surface area contributed by atoms with Gasteiger partial charge in [-0.3, -0.25) is 14.7 Å². The van der Waals surface area contributed by atoms with Crippen molar-refractivity contribution < 1.29 is 4.79 Å². The number of hydrogen-bond acceptors (Lipinski definition) is 4. The van der Waals surface area contributed by atoms with Gasteiger partial charge in [0, 0.05) is 46.3 Å². The maximum Gasteiger partial charge on any atom is 0.236 e. The number of likely N-dealkylation sites (tertiary alicyclic amines) is 2. The average molecular weight is 409 g/mol. The summed E-state index contributed by atoms with van der Waals surface area (Å²) < 4.78 is 0. The third-order valence-corrected chi connectivity index (χ3v) is 5.98. The summed E-state index contributed by atoms with van der Waals surface area (Å²) >= 11 is 0. The maximum absolute atomic E-state index is 11.9. The molecule has 7 nitrogen and oxygen atoms in total. The number of hydrogen-bond donors (Lipinski definition) is 2. The zero-order valence-corrected chi connectivity index (χ0v) is 19.1. The van der Waals surface area contributed by atoms with Crippen LogP contribution in [0, 0.1) is 0 Å². The molecule has 0 spiro atoms. The van der Waals surface area contributed by atoms with Crippen LogP contribution in [0.15, 0.2) is 4.99 Å². The molecule has 2 N–H and O–H groups in total. The SMILES string of the molecule is CCNC(=NCCCCCN1CCCCC1)NC1CCN(CC(=O)N(C)C)CC1. The summed E-state index contributed by atoms with van der Waals surface area (Å²) in [5.74, 6) is 1.14. The van der Waals surface area contributed by atoms with Crippen molar-refractivity contribution in [3.8, 4) is 0 Å². The minimum atomic E-state index is 0.187. The van der Waals surface area contributed by atoms with Crippen molar-refractivity contribution in [3.63, 3.8) is 0 Å². The van der Waals surface area contributed by atoms with Crippen LogP contribution in [0.4, 0.5) is 0 Å². The highest BCUT2D eigenvalue weighted by Crippen LogP contribution is 2.11. The van der Waals surface area contributed by atoms with Gasteiger partial charge < -0.3 is 20.4 Å². The van der Waals surface area contributed by atoms with Crippen molar-refractivity contribution in [2.24, 2.45) is 4.99 Å². The van der Waals surface area contributed by atoms with Gasteiger partial charge in [-0.05, 0) is 65.1 Å². The monoisotopic (exact) mass is 408 g/mol. The van der Waals surface area contributed by atoms with E-state index >= 15 is 0 Å². The summed E-state index contributed by atoms with van der Waals surface area (Å²) in [5, 5.41) is 6.99. The van der Waals surface area contributed by atoms with Gasteiger partial charge in [0.1, 0.15) is 0 Å². The Hall–Kier alpha value is -1.34. The van der Waals surface area contributed by atoms with E-state index in [2.05, 4.69) is 27.4 Å². The van der Waals surface area contributed by atoms with E-state index in [0.717, 1.165) is 51.4 Å². The third-order valence-electron chi connectivity index (χ3n) is 5.98. The molecule has 0 atom stereocenters. The van der Waals surface area contributed by atoms with Gasteiger partial charge in [-0.1, -0.05) is 12.8 Å². The van der Waals surface area contributed by atoms with Crippen LogP contribution in [-0.4, -0.2) is 99.1 Å². The summed E-state index contributed by atoms with van der Waals surface area (Å²) in [7, 11) is 3.65. The highest BCUT2D eigenvalue weighted by Gasteiger charge is 2.22. The van der Waals surface area contributed by atoms with Gasteiger partial charge >= 0.3 is 0 Å². The fraction of sp³-hybridized carbons (Fsp3) is 0.909. The average Bonchev–Trinajstić information content (AvgIpc) is 2.72. The second-order valence-corrected chi connectivity index (χ2v) is 8.71. The van der Waals surface area contributed by atoms with Crippen molar-refractivity contribution in [2.45, 2.75) is 64.3 Å². The van der Waals surface area contributed by atoms with Crippen molar-refractivity contribution in [3.05, 3.63) is 0 Å². The van der Waals surface area contributed by atoms with Gasteiger partial charge in [-0.25, -0.2) is 0 Å². The highest BCUT2D eigenvalue weighted by molar-refractivity contribution is 5.80. The third kappa shape index (κ3) is 9.81. The van der Waals surface area contributed by atoms with E-state index in [1.54, 1.807) is 4.90 Å². The number of rotatable bonds is 10. The number of nitrogens with one attached hydrogen (secondary N) is 2. The van der Waals surface area contributed by atoms with E-state index in [1.807, 2.05) is 14.1 Å². The number of guanidine groups is 1. The summed E-state index contributed by atoms with van der Waals surface area (Å²) in [6.45, 7) is 10.2. The van der Waals surface area contributed by atoms with Crippen molar-refractivity contribution in [2.75, 3.05) is 66.5 Å². The summed E-state index contributed by atoms with van der Waals surface area (Å²) in [6.07, 6.45) is 10.0. The number of likely N-dealkylation sites (N-methyl/N-ethyl adjacent to an activating group) is 1. The van der Waals surface area contributed by atoms with E-state index in [0.29, 0.717) is 12.6 Å². The predicted molar refractivity (Wildman–Crippen MR) is 121 cm³/mol. The van der Waals surface area contributed by atoms with Crippen LogP contribution in [0.5, 0.6) is 0 Å². The normalized spacial score (nSPS) is 19.9. The number of unbranched alkanes of at least 4 members (excludes halogenated alkanes) is 2. The molecule has 0 aromatic rings. The lowest BCUT2D eigenvalue weighted by molar-refractivity contribution is -0.130. The first-order valence-corrected chi connectivity index (χ1v) is 11.8. The van der Waals surface area contributed by atoms with Crippen LogP contribution < -0.4 is 10.6 Å². The fourth-order valence-corrected chi connectivity index (χ4v) is 4.08. The fourth-order valence-electron chi connectivity index (χ4n) is 4.08. The Bertz CT molecular complexity index is 482. The molecule has 0 aromatic heterocycles. The number of piperidine rings is 2. The number of carbonyl (C=O) groups excluding carboxylic acids is 1. The molecule has 0 saturated carbocycles. The molecule has 2 heterocycles. The van der Waals surface area contributed by atoms with E-state index < -0.39 is 0 Å². The van der Waals surface area contributed by atoms with E-state index in [9.17, 15) is 4.79 Å². The van der Waals surface area contributed by atoms with Crippen molar-refractivity contribution >= 4 is 11.9 Å². The van der Waals surface area contributed by atoms with Crippen LogP contribution >= 0.6 is 0 Å². The molecule has 2 fully saturated rings. The molecular weight excluding hydrogens is 364 g/mol. The van der Waals surface area contributed by atoms with Gasteiger partial charge in [-0.2, -0.15) is 0 Å². The molecule has 0 bridgehead atoms. The minimum Gasteiger partial charge on any atom is -0.357 e. The molecule has 0 aromatic carbocycles. The Morgan fingerprint density at radius 3 is 2.38 bits per heavy atom. The topological polar surface area (TPSA) is 63.2 Å². The smallest absolute Gasteiger partial charge is 0.236 e. The Kier molecular flexibility index (Phi) is 11.4. The van der Waals surface area contributed by atoms with Gasteiger partial charge in [0.15, 0.2) is 5.96 Å². The highest BCUT2D eigenvalue weighted by atomic mass is 16.2. The molecule has 29 heavy (non-hydrogen) atoms. The van der Waals surface area contributed by atoms with Crippen molar-refractivity contribution in [1.29, 1.82) is 0 Å². The summed E-state index contributed by atoms with van der Waals surface area (Å²) in [6, 6.07) is 0.442. The lowest BCUT2D eigenvalue weighted by Gasteiger charge is -2.33. The van der Waals surface area contributed by atoms with Crippen LogP contribution in [0.25, 0.3) is 0 Å². The van der Waals surface area contributed by atoms with E-state index in [4.69, 9.17) is 4.99 Å². The van der Waals surface area contributed by atoms with Crippen LogP contribution in [-0.2, 0) is 4.79 Å². The van der Waals surface area contributed by atoms with Gasteiger partial charge in [-0.15, -0.1) is 0 Å². The number of nitrogens with zero attached hydrogens (tertiary/aromatic N) is 4. The standard InChI is InChI=1S/C22H44N6O/c1-4-23-22(24-13-7-5-8-14-27-15-9-6-10-16-27)25-20-11-17-28(18-12-20)19-21(29)26(2)3/h20H,4-19H2,1-3H3,(H2,23,24,25).